The molecule has 1 amide bonds. The molecule has 0 spiro atoms. The molecule has 0 heterocycles. The first kappa shape index (κ1) is 19.1. The Morgan fingerprint density at radius 2 is 1.96 bits per heavy atom. The molecule has 0 atom stereocenters. The van der Waals surface area contributed by atoms with Crippen molar-refractivity contribution < 1.29 is 23.1 Å². The van der Waals surface area contributed by atoms with Crippen LogP contribution >= 0.6 is 0 Å². The minimum absolute atomic E-state index is 0.122. The lowest BCUT2D eigenvalue weighted by molar-refractivity contribution is -0.143. The molecular weight excluding hydrogens is 330 g/mol. The van der Waals surface area contributed by atoms with E-state index in [4.69, 9.17) is 4.74 Å². The summed E-state index contributed by atoms with van der Waals surface area (Å²) in [4.78, 5) is 23.6. The number of nitrogens with one attached hydrogen (secondary N) is 2. The third-order valence-corrected chi connectivity index (χ3v) is 4.15. The van der Waals surface area contributed by atoms with Gasteiger partial charge >= 0.3 is 5.97 Å². The fourth-order valence-electron chi connectivity index (χ4n) is 2.96. The maximum Gasteiger partial charge on any atom is 0.305 e. The largest absolute Gasteiger partial charge is 0.466 e. The van der Waals surface area contributed by atoms with Crippen LogP contribution in [0.4, 0.5) is 14.5 Å². The molecule has 1 fully saturated rings. The molecule has 1 aromatic carbocycles. The summed E-state index contributed by atoms with van der Waals surface area (Å²) in [6, 6.07) is 1.97. The number of halogens is 2. The summed E-state index contributed by atoms with van der Waals surface area (Å²) < 4.78 is 32.5. The van der Waals surface area contributed by atoms with Gasteiger partial charge in [0.1, 0.15) is 11.6 Å². The Bertz CT molecular complexity index is 617. The Labute approximate surface area is 146 Å². The molecule has 1 aliphatic rings. The Morgan fingerprint density at radius 3 is 2.64 bits per heavy atom. The normalized spacial score (nSPS) is 14.4. The highest BCUT2D eigenvalue weighted by Crippen LogP contribution is 2.27. The van der Waals surface area contributed by atoms with Crippen molar-refractivity contribution in [3.8, 4) is 0 Å². The van der Waals surface area contributed by atoms with Gasteiger partial charge in [-0.2, -0.15) is 0 Å². The van der Waals surface area contributed by atoms with E-state index in [1.807, 2.05) is 0 Å². The van der Waals surface area contributed by atoms with E-state index in [9.17, 15) is 18.4 Å². The number of esters is 1. The van der Waals surface area contributed by atoms with Gasteiger partial charge in [-0.1, -0.05) is 12.8 Å². The summed E-state index contributed by atoms with van der Waals surface area (Å²) in [5, 5.41) is 5.66. The van der Waals surface area contributed by atoms with Gasteiger partial charge in [-0.05, 0) is 32.3 Å². The number of hydrogen-bond donors (Lipinski definition) is 2. The zero-order valence-electron chi connectivity index (χ0n) is 14.4. The molecule has 1 saturated carbocycles. The van der Waals surface area contributed by atoms with Crippen LogP contribution in [0.25, 0.3) is 0 Å². The van der Waals surface area contributed by atoms with Crippen molar-refractivity contribution >= 4 is 17.6 Å². The zero-order chi connectivity index (χ0) is 18.2. The second-order valence-corrected chi connectivity index (χ2v) is 6.10. The molecule has 2 rings (SSSR count). The van der Waals surface area contributed by atoms with Crippen LogP contribution in [-0.4, -0.2) is 31.1 Å². The van der Waals surface area contributed by atoms with E-state index in [-0.39, 0.29) is 36.2 Å². The van der Waals surface area contributed by atoms with Crippen LogP contribution < -0.4 is 10.6 Å². The highest BCUT2D eigenvalue weighted by atomic mass is 19.1. The fourth-order valence-corrected chi connectivity index (χ4v) is 2.96. The molecule has 0 radical (unpaired) electrons. The highest BCUT2D eigenvalue weighted by molar-refractivity contribution is 6.00. The average molecular weight is 354 g/mol. The van der Waals surface area contributed by atoms with Gasteiger partial charge in [0.05, 0.1) is 17.9 Å². The number of ether oxygens (including phenoxy) is 1. The van der Waals surface area contributed by atoms with Gasteiger partial charge in [0.25, 0.3) is 5.91 Å². The fraction of sp³-hybridized carbons (Fsp3) is 0.556. The van der Waals surface area contributed by atoms with Gasteiger partial charge < -0.3 is 15.4 Å². The molecule has 5 nitrogen and oxygen atoms in total. The molecule has 0 bridgehead atoms. The predicted octanol–water partition coefficient (Wildman–Crippen LogP) is 3.39. The van der Waals surface area contributed by atoms with Gasteiger partial charge in [-0.25, -0.2) is 8.78 Å². The first-order valence-electron chi connectivity index (χ1n) is 8.70. The maximum absolute atomic E-state index is 14.2. The van der Waals surface area contributed by atoms with Crippen molar-refractivity contribution in [3.05, 3.63) is 29.3 Å². The molecule has 0 unspecified atom stereocenters. The minimum atomic E-state index is -0.900. The van der Waals surface area contributed by atoms with Crippen LogP contribution in [-0.2, 0) is 9.53 Å². The van der Waals surface area contributed by atoms with Crippen LogP contribution in [0.5, 0.6) is 0 Å². The van der Waals surface area contributed by atoms with E-state index in [2.05, 4.69) is 10.6 Å². The van der Waals surface area contributed by atoms with E-state index < -0.39 is 17.5 Å². The first-order valence-corrected chi connectivity index (χ1v) is 8.70. The molecule has 25 heavy (non-hydrogen) atoms. The third kappa shape index (κ3) is 5.69. The van der Waals surface area contributed by atoms with Crippen molar-refractivity contribution in [1.82, 2.24) is 5.32 Å². The van der Waals surface area contributed by atoms with Crippen molar-refractivity contribution in [1.29, 1.82) is 0 Å². The molecule has 0 aliphatic heterocycles. The smallest absolute Gasteiger partial charge is 0.305 e. The SMILES string of the molecule is CCOC(=O)CCCNC(=O)c1c(F)cc(F)cc1NC1CCCC1. The van der Waals surface area contributed by atoms with E-state index in [0.717, 1.165) is 31.7 Å². The summed E-state index contributed by atoms with van der Waals surface area (Å²) in [5.41, 5.74) is -0.0169. The number of benzene rings is 1. The van der Waals surface area contributed by atoms with Gasteiger partial charge in [0, 0.05) is 25.1 Å². The maximum atomic E-state index is 14.2. The lowest BCUT2D eigenvalue weighted by Crippen LogP contribution is -2.28. The van der Waals surface area contributed by atoms with E-state index >= 15 is 0 Å². The van der Waals surface area contributed by atoms with Crippen molar-refractivity contribution in [2.75, 3.05) is 18.5 Å². The molecule has 0 aromatic heterocycles. The Kier molecular flexibility index (Phi) is 7.16. The van der Waals surface area contributed by atoms with Gasteiger partial charge in [0.15, 0.2) is 0 Å². The second-order valence-electron chi connectivity index (χ2n) is 6.10. The lowest BCUT2D eigenvalue weighted by Gasteiger charge is -2.17. The van der Waals surface area contributed by atoms with Gasteiger partial charge in [-0.15, -0.1) is 0 Å². The highest BCUT2D eigenvalue weighted by Gasteiger charge is 2.22. The number of hydrogen-bond acceptors (Lipinski definition) is 4. The molecule has 0 saturated heterocycles. The van der Waals surface area contributed by atoms with Crippen molar-refractivity contribution in [2.45, 2.75) is 51.5 Å². The molecule has 138 valence electrons. The van der Waals surface area contributed by atoms with Gasteiger partial charge in [-0.3, -0.25) is 9.59 Å². The van der Waals surface area contributed by atoms with Crippen LogP contribution in [0.3, 0.4) is 0 Å². The summed E-state index contributed by atoms with van der Waals surface area (Å²) in [6.07, 6.45) is 4.51. The van der Waals surface area contributed by atoms with Crippen LogP contribution in [0.15, 0.2) is 12.1 Å². The van der Waals surface area contributed by atoms with E-state index in [1.165, 1.54) is 0 Å². The first-order chi connectivity index (χ1) is 12.0. The van der Waals surface area contributed by atoms with Crippen LogP contribution in [0.2, 0.25) is 0 Å². The zero-order valence-corrected chi connectivity index (χ0v) is 14.4. The molecule has 1 aliphatic carbocycles. The number of anilines is 1. The van der Waals surface area contributed by atoms with E-state index in [0.29, 0.717) is 19.1 Å². The number of amides is 1. The number of rotatable bonds is 8. The molecule has 2 N–H and O–H groups in total. The number of carbonyl (C=O) groups is 2. The number of carbonyl (C=O) groups excluding carboxylic acids is 2. The minimum Gasteiger partial charge on any atom is -0.466 e. The molecular formula is C18H24F2N2O3. The standard InChI is InChI=1S/C18H24F2N2O3/c1-2-25-16(23)8-5-9-21-18(24)17-14(20)10-12(19)11-15(17)22-13-6-3-4-7-13/h10-11,13,22H,2-9H2,1H3,(H,21,24). The van der Waals surface area contributed by atoms with Crippen molar-refractivity contribution in [3.63, 3.8) is 0 Å². The van der Waals surface area contributed by atoms with Gasteiger partial charge in [0.2, 0.25) is 0 Å². The summed E-state index contributed by atoms with van der Waals surface area (Å²) in [7, 11) is 0. The van der Waals surface area contributed by atoms with Crippen LogP contribution in [0.1, 0.15) is 55.8 Å². The second kappa shape index (κ2) is 9.34. The Balaban J connectivity index is 1.98. The van der Waals surface area contributed by atoms with Crippen molar-refractivity contribution in [2.24, 2.45) is 0 Å². The summed E-state index contributed by atoms with van der Waals surface area (Å²) in [5.74, 6) is -2.59. The molecule has 7 heteroatoms. The van der Waals surface area contributed by atoms with E-state index in [1.54, 1.807) is 6.92 Å². The Morgan fingerprint density at radius 1 is 1.24 bits per heavy atom. The monoisotopic (exact) mass is 354 g/mol. The average Bonchev–Trinajstić information content (AvgIpc) is 3.04. The summed E-state index contributed by atoms with van der Waals surface area (Å²) >= 11 is 0. The predicted molar refractivity (Wildman–Crippen MR) is 90.4 cm³/mol. The Hall–Kier alpha value is -2.18. The lowest BCUT2D eigenvalue weighted by atomic mass is 10.1. The van der Waals surface area contributed by atoms with Crippen LogP contribution in [0, 0.1) is 11.6 Å². The third-order valence-electron chi connectivity index (χ3n) is 4.15. The summed E-state index contributed by atoms with van der Waals surface area (Å²) in [6.45, 7) is 2.23. The molecule has 1 aromatic rings. The topological polar surface area (TPSA) is 67.4 Å². The quantitative estimate of drug-likeness (QED) is 0.555.